The quantitative estimate of drug-likeness (QED) is 0.639. The van der Waals surface area contributed by atoms with Crippen LogP contribution in [0.1, 0.15) is 13.3 Å². The first kappa shape index (κ1) is 10.3. The summed E-state index contributed by atoms with van der Waals surface area (Å²) >= 11 is 1.51. The molecule has 2 aromatic heterocycles. The van der Waals surface area contributed by atoms with Gasteiger partial charge in [-0.3, -0.25) is 0 Å². The molecule has 1 N–H and O–H groups in total. The molecule has 0 aliphatic heterocycles. The molecule has 4 nitrogen and oxygen atoms in total. The molecule has 0 radical (unpaired) electrons. The molecular weight excluding hydrogens is 210 g/mol. The molecule has 2 aromatic rings. The van der Waals surface area contributed by atoms with E-state index in [4.69, 9.17) is 4.74 Å². The average molecular weight is 223 g/mol. The third-order valence-electron chi connectivity index (χ3n) is 1.99. The van der Waals surface area contributed by atoms with Crippen LogP contribution in [0.2, 0.25) is 0 Å². The summed E-state index contributed by atoms with van der Waals surface area (Å²) in [6.45, 7) is 2.76. The summed E-state index contributed by atoms with van der Waals surface area (Å²) in [4.78, 5) is 11.7. The smallest absolute Gasteiger partial charge is 0.227 e. The van der Waals surface area contributed by atoms with E-state index in [9.17, 15) is 0 Å². The Kier molecular flexibility index (Phi) is 3.11. The van der Waals surface area contributed by atoms with Crippen LogP contribution < -0.4 is 4.74 Å². The third-order valence-corrected chi connectivity index (χ3v) is 2.53. The Balaban J connectivity index is 2.43. The molecule has 0 aromatic carbocycles. The van der Waals surface area contributed by atoms with Gasteiger partial charge in [0.15, 0.2) is 5.16 Å². The second-order valence-electron chi connectivity index (χ2n) is 3.10. The molecule has 0 unspecified atom stereocenters. The number of ether oxygens (including phenoxy) is 1. The van der Waals surface area contributed by atoms with Gasteiger partial charge in [0.1, 0.15) is 5.65 Å². The predicted octanol–water partition coefficient (Wildman–Crippen LogP) is 2.47. The summed E-state index contributed by atoms with van der Waals surface area (Å²) < 4.78 is 5.58. The lowest BCUT2D eigenvalue weighted by Crippen LogP contribution is -1.99. The van der Waals surface area contributed by atoms with E-state index in [0.717, 1.165) is 22.6 Å². The van der Waals surface area contributed by atoms with E-state index < -0.39 is 0 Å². The van der Waals surface area contributed by atoms with Gasteiger partial charge in [-0.15, -0.1) is 0 Å². The molecule has 0 saturated heterocycles. The van der Waals surface area contributed by atoms with Gasteiger partial charge in [-0.1, -0.05) is 18.7 Å². The fourth-order valence-electron chi connectivity index (χ4n) is 1.29. The highest BCUT2D eigenvalue weighted by Crippen LogP contribution is 2.24. The lowest BCUT2D eigenvalue weighted by molar-refractivity contribution is 0.306. The van der Waals surface area contributed by atoms with Crippen molar-refractivity contribution in [1.82, 2.24) is 15.0 Å². The largest absolute Gasteiger partial charge is 0.477 e. The van der Waals surface area contributed by atoms with E-state index in [0.29, 0.717) is 12.5 Å². The molecule has 0 spiro atoms. The van der Waals surface area contributed by atoms with Gasteiger partial charge in [-0.05, 0) is 18.7 Å². The predicted molar refractivity (Wildman–Crippen MR) is 61.5 cm³/mol. The highest BCUT2D eigenvalue weighted by atomic mass is 32.2. The third kappa shape index (κ3) is 2.07. The average Bonchev–Trinajstić information content (AvgIpc) is 2.73. The van der Waals surface area contributed by atoms with E-state index in [1.165, 1.54) is 11.8 Å². The summed E-state index contributed by atoms with van der Waals surface area (Å²) in [6.07, 6.45) is 4.78. The summed E-state index contributed by atoms with van der Waals surface area (Å²) in [5.74, 6) is 0.674. The molecule has 80 valence electrons. The molecule has 2 rings (SSSR count). The number of aromatic nitrogens is 3. The topological polar surface area (TPSA) is 50.8 Å². The van der Waals surface area contributed by atoms with Crippen molar-refractivity contribution < 1.29 is 4.74 Å². The lowest BCUT2D eigenvalue weighted by Gasteiger charge is -2.05. The Morgan fingerprint density at radius 2 is 2.33 bits per heavy atom. The van der Waals surface area contributed by atoms with Crippen LogP contribution in [0, 0.1) is 0 Å². The molecule has 0 fully saturated rings. The number of H-pyrrole nitrogens is 1. The number of rotatable bonds is 4. The second-order valence-corrected chi connectivity index (χ2v) is 3.88. The van der Waals surface area contributed by atoms with E-state index in [-0.39, 0.29) is 0 Å². The zero-order chi connectivity index (χ0) is 10.7. The molecule has 15 heavy (non-hydrogen) atoms. The van der Waals surface area contributed by atoms with Gasteiger partial charge in [-0.25, -0.2) is 4.98 Å². The molecule has 0 amide bonds. The van der Waals surface area contributed by atoms with Crippen LogP contribution in [0.4, 0.5) is 0 Å². The number of fused-ring (bicyclic) bond motifs is 1. The Bertz CT molecular complexity index is 455. The van der Waals surface area contributed by atoms with Gasteiger partial charge in [0.2, 0.25) is 5.88 Å². The zero-order valence-electron chi connectivity index (χ0n) is 8.78. The van der Waals surface area contributed by atoms with Crippen molar-refractivity contribution in [3.63, 3.8) is 0 Å². The highest BCUT2D eigenvalue weighted by molar-refractivity contribution is 7.98. The maximum atomic E-state index is 5.58. The first-order valence-corrected chi connectivity index (χ1v) is 6.09. The Labute approximate surface area is 92.5 Å². The summed E-state index contributed by atoms with van der Waals surface area (Å²) in [5, 5.41) is 1.68. The number of hydrogen-bond acceptors (Lipinski definition) is 4. The fourth-order valence-corrected chi connectivity index (χ4v) is 1.65. The molecular formula is C10H13N3OS. The van der Waals surface area contributed by atoms with Crippen molar-refractivity contribution in [3.05, 3.63) is 12.3 Å². The van der Waals surface area contributed by atoms with Crippen LogP contribution in [0.5, 0.6) is 5.88 Å². The van der Waals surface area contributed by atoms with Gasteiger partial charge >= 0.3 is 0 Å². The number of thioether (sulfide) groups is 1. The highest BCUT2D eigenvalue weighted by Gasteiger charge is 2.08. The maximum absolute atomic E-state index is 5.58. The van der Waals surface area contributed by atoms with Gasteiger partial charge < -0.3 is 9.72 Å². The van der Waals surface area contributed by atoms with Crippen molar-refractivity contribution in [2.24, 2.45) is 0 Å². The summed E-state index contributed by atoms with van der Waals surface area (Å²) in [5.41, 5.74) is 0.834. The van der Waals surface area contributed by atoms with Crippen LogP contribution in [-0.2, 0) is 0 Å². The van der Waals surface area contributed by atoms with Gasteiger partial charge in [0, 0.05) is 6.20 Å². The first-order chi connectivity index (χ1) is 7.35. The minimum atomic E-state index is 0.674. The van der Waals surface area contributed by atoms with Crippen LogP contribution in [0.25, 0.3) is 11.0 Å². The standard InChI is InChI=1S/C10H13N3OS/c1-3-6-14-9-7-4-5-11-8(7)12-10(13-9)15-2/h4-5H,3,6H2,1-2H3,(H,11,12,13). The van der Waals surface area contributed by atoms with Crippen molar-refractivity contribution in [2.45, 2.75) is 18.5 Å². The molecule has 0 bridgehead atoms. The van der Waals surface area contributed by atoms with E-state index in [1.807, 2.05) is 18.5 Å². The summed E-state index contributed by atoms with van der Waals surface area (Å²) in [7, 11) is 0. The van der Waals surface area contributed by atoms with Crippen molar-refractivity contribution in [2.75, 3.05) is 12.9 Å². The molecule has 2 heterocycles. The minimum Gasteiger partial charge on any atom is -0.477 e. The Morgan fingerprint density at radius 1 is 1.47 bits per heavy atom. The van der Waals surface area contributed by atoms with E-state index >= 15 is 0 Å². The van der Waals surface area contributed by atoms with Gasteiger partial charge in [-0.2, -0.15) is 4.98 Å². The van der Waals surface area contributed by atoms with E-state index in [2.05, 4.69) is 21.9 Å². The lowest BCUT2D eigenvalue weighted by atomic mass is 10.4. The molecule has 0 aliphatic rings. The van der Waals surface area contributed by atoms with Crippen molar-refractivity contribution >= 4 is 22.8 Å². The molecule has 0 atom stereocenters. The fraction of sp³-hybridized carbons (Fsp3) is 0.400. The Morgan fingerprint density at radius 3 is 3.07 bits per heavy atom. The Hall–Kier alpha value is -1.23. The number of aromatic amines is 1. The summed E-state index contributed by atoms with van der Waals surface area (Å²) in [6, 6.07) is 1.93. The zero-order valence-corrected chi connectivity index (χ0v) is 9.60. The molecule has 0 saturated carbocycles. The molecule has 5 heteroatoms. The second kappa shape index (κ2) is 4.53. The molecule has 0 aliphatic carbocycles. The number of nitrogens with one attached hydrogen (secondary N) is 1. The minimum absolute atomic E-state index is 0.674. The van der Waals surface area contributed by atoms with E-state index in [1.54, 1.807) is 0 Å². The van der Waals surface area contributed by atoms with Crippen LogP contribution in [0.3, 0.4) is 0 Å². The van der Waals surface area contributed by atoms with Crippen molar-refractivity contribution in [1.29, 1.82) is 0 Å². The van der Waals surface area contributed by atoms with Crippen LogP contribution >= 0.6 is 11.8 Å². The SMILES string of the molecule is CCCOc1nc(SC)nc2[nH]ccc12. The van der Waals surface area contributed by atoms with Crippen molar-refractivity contribution in [3.8, 4) is 5.88 Å². The van der Waals surface area contributed by atoms with Gasteiger partial charge in [0.25, 0.3) is 0 Å². The first-order valence-electron chi connectivity index (χ1n) is 4.87. The normalized spacial score (nSPS) is 10.8. The van der Waals surface area contributed by atoms with Gasteiger partial charge in [0.05, 0.1) is 12.0 Å². The number of nitrogens with zero attached hydrogens (tertiary/aromatic N) is 2. The van der Waals surface area contributed by atoms with Crippen LogP contribution in [0.15, 0.2) is 17.4 Å². The monoisotopic (exact) mass is 223 g/mol. The number of hydrogen-bond donors (Lipinski definition) is 1. The maximum Gasteiger partial charge on any atom is 0.227 e. The van der Waals surface area contributed by atoms with Crippen LogP contribution in [-0.4, -0.2) is 27.8 Å².